The normalized spacial score (nSPS) is 10.9. The van der Waals surface area contributed by atoms with E-state index in [0.29, 0.717) is 0 Å². The van der Waals surface area contributed by atoms with Crippen molar-refractivity contribution in [1.29, 1.82) is 0 Å². The van der Waals surface area contributed by atoms with Crippen molar-refractivity contribution < 1.29 is 30.7 Å². The van der Waals surface area contributed by atoms with E-state index in [1.807, 2.05) is 0 Å². The van der Waals surface area contributed by atoms with Gasteiger partial charge in [-0.3, -0.25) is 0 Å². The summed E-state index contributed by atoms with van der Waals surface area (Å²) in [6.45, 7) is 0. The number of allylic oxidation sites excluding steroid dienone is 2. The molecule has 0 aromatic rings. The summed E-state index contributed by atoms with van der Waals surface area (Å²) in [7, 11) is 0. The molecule has 0 radical (unpaired) electrons. The number of rotatable bonds is 2. The van der Waals surface area contributed by atoms with E-state index in [4.69, 9.17) is 0 Å². The maximum absolute atomic E-state index is 11.8. The highest BCUT2D eigenvalue weighted by atomic mass is 19.3. The molecule has 0 spiro atoms. The highest BCUT2D eigenvalue weighted by molar-refractivity contribution is 5.14. The van der Waals surface area contributed by atoms with Crippen LogP contribution in [-0.4, -0.2) is 5.92 Å². The minimum Gasteiger partial charge on any atom is -0.199 e. The number of hydrogen-bond donors (Lipinski definition) is 0. The molecule has 0 aromatic heterocycles. The van der Waals surface area contributed by atoms with E-state index in [1.165, 1.54) is 0 Å². The molecule has 0 atom stereocenters. The van der Waals surface area contributed by atoms with Crippen LogP contribution in [0.5, 0.6) is 0 Å². The average molecular weight is 194 g/mol. The van der Waals surface area contributed by atoms with Gasteiger partial charge in [-0.1, -0.05) is 0 Å². The summed E-state index contributed by atoms with van der Waals surface area (Å²) in [6.07, 6.45) is -7.45. The van der Waals surface area contributed by atoms with E-state index >= 15 is 0 Å². The second-order valence-electron chi connectivity index (χ2n) is 1.63. The molecule has 0 amide bonds. The van der Waals surface area contributed by atoms with Crippen LogP contribution in [0.15, 0.2) is 24.1 Å². The average Bonchev–Trinajstić information content (AvgIpc) is 1.82. The molecule has 0 saturated carbocycles. The SMILES string of the molecule is FC(F)=CC(F)(F)C(F)=C(F)F. The highest BCUT2D eigenvalue weighted by Gasteiger charge is 2.37. The molecule has 0 aliphatic heterocycles. The molecule has 0 nitrogen and oxygen atoms in total. The summed E-state index contributed by atoms with van der Waals surface area (Å²) in [5.74, 6) is -8.12. The molecular weight excluding hydrogens is 193 g/mol. The summed E-state index contributed by atoms with van der Waals surface area (Å²) in [5, 5.41) is 0. The van der Waals surface area contributed by atoms with Crippen LogP contribution >= 0.6 is 0 Å². The van der Waals surface area contributed by atoms with Crippen LogP contribution < -0.4 is 0 Å². The smallest absolute Gasteiger partial charge is 0.199 e. The highest BCUT2D eigenvalue weighted by Crippen LogP contribution is 2.31. The lowest BCUT2D eigenvalue weighted by atomic mass is 10.3. The van der Waals surface area contributed by atoms with Gasteiger partial charge >= 0.3 is 12.0 Å². The van der Waals surface area contributed by atoms with Gasteiger partial charge in [0.2, 0.25) is 5.83 Å². The van der Waals surface area contributed by atoms with E-state index in [0.717, 1.165) is 0 Å². The molecule has 7 heteroatoms. The van der Waals surface area contributed by atoms with Gasteiger partial charge in [-0.2, -0.15) is 30.7 Å². The Morgan fingerprint density at radius 3 is 1.58 bits per heavy atom. The molecule has 0 bridgehead atoms. The second-order valence-corrected chi connectivity index (χ2v) is 1.63. The monoisotopic (exact) mass is 194 g/mol. The molecule has 0 saturated heterocycles. The maximum atomic E-state index is 11.8. The van der Waals surface area contributed by atoms with Crippen molar-refractivity contribution in [3.63, 3.8) is 0 Å². The molecule has 0 N–H and O–H groups in total. The van der Waals surface area contributed by atoms with Gasteiger partial charge in [-0.25, -0.2) is 0 Å². The lowest BCUT2D eigenvalue weighted by molar-refractivity contribution is 0.0567. The lowest BCUT2D eigenvalue weighted by Crippen LogP contribution is -2.13. The number of halogens is 7. The zero-order valence-corrected chi connectivity index (χ0v) is 5.22. The first-order valence-corrected chi connectivity index (χ1v) is 2.40. The molecule has 0 unspecified atom stereocenters. The third-order valence-corrected chi connectivity index (χ3v) is 0.749. The fraction of sp³-hybridized carbons (Fsp3) is 0.200. The van der Waals surface area contributed by atoms with Gasteiger partial charge < -0.3 is 0 Å². The first-order chi connectivity index (χ1) is 5.27. The number of hydrogen-bond acceptors (Lipinski definition) is 0. The third kappa shape index (κ3) is 2.93. The van der Waals surface area contributed by atoms with E-state index < -0.39 is 30.0 Å². The van der Waals surface area contributed by atoms with Gasteiger partial charge in [0.1, 0.15) is 0 Å². The van der Waals surface area contributed by atoms with Gasteiger partial charge in [-0.05, 0) is 0 Å². The minimum atomic E-state index is -4.95. The summed E-state index contributed by atoms with van der Waals surface area (Å²) < 4.78 is 79.8. The van der Waals surface area contributed by atoms with Gasteiger partial charge in [0, 0.05) is 0 Å². The van der Waals surface area contributed by atoms with Crippen molar-refractivity contribution in [3.8, 4) is 0 Å². The first kappa shape index (κ1) is 11.0. The minimum absolute atomic E-state index is 1.19. The van der Waals surface area contributed by atoms with E-state index in [2.05, 4.69) is 0 Å². The van der Waals surface area contributed by atoms with Gasteiger partial charge in [0.25, 0.3) is 6.08 Å². The van der Waals surface area contributed by atoms with Crippen LogP contribution in [0.25, 0.3) is 0 Å². The molecular formula is C5HF7. The standard InChI is InChI=1S/C5HF7/c6-2(7)1-5(11,12)3(8)4(9)10/h1H. The first-order valence-electron chi connectivity index (χ1n) is 2.40. The quantitative estimate of drug-likeness (QED) is 0.590. The third-order valence-electron chi connectivity index (χ3n) is 0.749. The topological polar surface area (TPSA) is 0 Å². The summed E-state index contributed by atoms with van der Waals surface area (Å²) in [6, 6.07) is 0. The van der Waals surface area contributed by atoms with Crippen LogP contribution in [0, 0.1) is 0 Å². The fourth-order valence-corrected chi connectivity index (χ4v) is 0.326. The summed E-state index contributed by atoms with van der Waals surface area (Å²) in [5.41, 5.74) is 0. The van der Waals surface area contributed by atoms with Crippen molar-refractivity contribution in [2.24, 2.45) is 0 Å². The maximum Gasteiger partial charge on any atom is 0.328 e. The van der Waals surface area contributed by atoms with Crippen LogP contribution in [0.1, 0.15) is 0 Å². The van der Waals surface area contributed by atoms with E-state index in [-0.39, 0.29) is 0 Å². The molecule has 0 heterocycles. The van der Waals surface area contributed by atoms with Crippen molar-refractivity contribution in [3.05, 3.63) is 24.1 Å². The Morgan fingerprint density at radius 1 is 0.917 bits per heavy atom. The summed E-state index contributed by atoms with van der Waals surface area (Å²) >= 11 is 0. The predicted octanol–water partition coefficient (Wildman–Crippen LogP) is 3.48. The Labute approximate surface area is 62.0 Å². The fourth-order valence-electron chi connectivity index (χ4n) is 0.326. The molecule has 0 aromatic carbocycles. The zero-order chi connectivity index (χ0) is 9.94. The van der Waals surface area contributed by atoms with Gasteiger partial charge in [-0.15, -0.1) is 0 Å². The van der Waals surface area contributed by atoms with Crippen molar-refractivity contribution in [2.45, 2.75) is 5.92 Å². The van der Waals surface area contributed by atoms with Crippen molar-refractivity contribution in [2.75, 3.05) is 0 Å². The second kappa shape index (κ2) is 3.59. The Morgan fingerprint density at radius 2 is 1.33 bits per heavy atom. The molecule has 0 aliphatic carbocycles. The lowest BCUT2D eigenvalue weighted by Gasteiger charge is -2.05. The Hall–Kier alpha value is -1.01. The summed E-state index contributed by atoms with van der Waals surface area (Å²) in [4.78, 5) is 0. The van der Waals surface area contributed by atoms with Crippen molar-refractivity contribution in [1.82, 2.24) is 0 Å². The molecule has 12 heavy (non-hydrogen) atoms. The van der Waals surface area contributed by atoms with Crippen molar-refractivity contribution >= 4 is 0 Å². The van der Waals surface area contributed by atoms with Crippen LogP contribution in [-0.2, 0) is 0 Å². The predicted molar refractivity (Wildman–Crippen MR) is 25.6 cm³/mol. The van der Waals surface area contributed by atoms with E-state index in [1.54, 1.807) is 0 Å². The zero-order valence-electron chi connectivity index (χ0n) is 5.22. The van der Waals surface area contributed by atoms with Crippen LogP contribution in [0.3, 0.4) is 0 Å². The molecule has 70 valence electrons. The number of alkyl halides is 2. The van der Waals surface area contributed by atoms with Crippen LogP contribution in [0.2, 0.25) is 0 Å². The molecule has 0 aliphatic rings. The Balaban J connectivity index is 4.87. The Kier molecular flexibility index (Phi) is 3.29. The van der Waals surface area contributed by atoms with Gasteiger partial charge in [0.05, 0.1) is 6.08 Å². The molecule has 0 fully saturated rings. The van der Waals surface area contributed by atoms with Gasteiger partial charge in [0.15, 0.2) is 0 Å². The van der Waals surface area contributed by atoms with E-state index in [9.17, 15) is 30.7 Å². The Bertz CT molecular complexity index is 218. The largest absolute Gasteiger partial charge is 0.328 e. The van der Waals surface area contributed by atoms with Crippen LogP contribution in [0.4, 0.5) is 30.7 Å². The molecule has 0 rings (SSSR count).